The summed E-state index contributed by atoms with van der Waals surface area (Å²) in [6, 6.07) is -0.0397. The van der Waals surface area contributed by atoms with Crippen LogP contribution < -0.4 is 10.6 Å². The zero-order chi connectivity index (χ0) is 13.0. The Balaban J connectivity index is 0.00000180. The van der Waals surface area contributed by atoms with Crippen molar-refractivity contribution in [1.29, 1.82) is 0 Å². The number of allylic oxidation sites excluding steroid dienone is 1. The van der Waals surface area contributed by atoms with Gasteiger partial charge in [-0.3, -0.25) is 4.79 Å². The first-order valence-corrected chi connectivity index (χ1v) is 6.23. The fraction of sp³-hybridized carbons (Fsp3) is 0.750. The Labute approximate surface area is 119 Å². The monoisotopic (exact) mass is 292 g/mol. The van der Waals surface area contributed by atoms with Crippen molar-refractivity contribution in [2.75, 3.05) is 33.4 Å². The molecule has 0 aliphatic carbocycles. The lowest BCUT2D eigenvalue weighted by molar-refractivity contribution is -0.124. The maximum absolute atomic E-state index is 12.1. The SMILES string of the molecule is CO[C@@H]1CCNC[C@@H]1NC(=O)C1=C(C)OCCO1.Cl. The molecule has 0 aromatic carbocycles. The van der Waals surface area contributed by atoms with Crippen LogP contribution in [0.25, 0.3) is 0 Å². The van der Waals surface area contributed by atoms with Crippen LogP contribution in [-0.4, -0.2) is 51.5 Å². The van der Waals surface area contributed by atoms with E-state index < -0.39 is 0 Å². The molecule has 6 nitrogen and oxygen atoms in total. The number of rotatable bonds is 3. The minimum atomic E-state index is -0.233. The molecular weight excluding hydrogens is 272 g/mol. The van der Waals surface area contributed by atoms with E-state index in [-0.39, 0.29) is 36.2 Å². The quantitative estimate of drug-likeness (QED) is 0.777. The van der Waals surface area contributed by atoms with Crippen LogP contribution in [0.5, 0.6) is 0 Å². The van der Waals surface area contributed by atoms with Crippen LogP contribution >= 0.6 is 12.4 Å². The fourth-order valence-electron chi connectivity index (χ4n) is 2.23. The number of hydrogen-bond donors (Lipinski definition) is 2. The second kappa shape index (κ2) is 7.57. The molecule has 1 saturated heterocycles. The molecule has 2 aliphatic heterocycles. The van der Waals surface area contributed by atoms with Crippen LogP contribution in [0.3, 0.4) is 0 Å². The van der Waals surface area contributed by atoms with Crippen molar-refractivity contribution in [3.8, 4) is 0 Å². The van der Waals surface area contributed by atoms with E-state index in [2.05, 4.69) is 10.6 Å². The predicted molar refractivity (Wildman–Crippen MR) is 72.1 cm³/mol. The Morgan fingerprint density at radius 2 is 2.16 bits per heavy atom. The van der Waals surface area contributed by atoms with Gasteiger partial charge in [0, 0.05) is 13.7 Å². The van der Waals surface area contributed by atoms with Gasteiger partial charge < -0.3 is 24.8 Å². The van der Waals surface area contributed by atoms with Crippen LogP contribution in [0.2, 0.25) is 0 Å². The molecule has 0 radical (unpaired) electrons. The van der Waals surface area contributed by atoms with Gasteiger partial charge in [0.2, 0.25) is 5.76 Å². The van der Waals surface area contributed by atoms with E-state index in [0.717, 1.165) is 13.0 Å². The van der Waals surface area contributed by atoms with Gasteiger partial charge in [0.05, 0.1) is 12.1 Å². The first-order valence-electron chi connectivity index (χ1n) is 6.23. The number of ether oxygens (including phenoxy) is 3. The molecule has 0 bridgehead atoms. The molecule has 0 aromatic rings. The Hall–Kier alpha value is -0.980. The van der Waals surface area contributed by atoms with E-state index in [1.807, 2.05) is 0 Å². The van der Waals surface area contributed by atoms with Crippen molar-refractivity contribution in [2.24, 2.45) is 0 Å². The molecule has 2 atom stereocenters. The van der Waals surface area contributed by atoms with Gasteiger partial charge in [-0.2, -0.15) is 0 Å². The topological polar surface area (TPSA) is 68.8 Å². The highest BCUT2D eigenvalue weighted by molar-refractivity contribution is 5.92. The maximum atomic E-state index is 12.1. The highest BCUT2D eigenvalue weighted by Gasteiger charge is 2.29. The molecule has 1 fully saturated rings. The molecule has 0 unspecified atom stereocenters. The Morgan fingerprint density at radius 1 is 1.42 bits per heavy atom. The molecule has 1 amide bonds. The number of carbonyl (C=O) groups excluding carboxylic acids is 1. The summed E-state index contributed by atoms with van der Waals surface area (Å²) in [6.07, 6.45) is 0.928. The number of nitrogens with one attached hydrogen (secondary N) is 2. The molecule has 0 aromatic heterocycles. The van der Waals surface area contributed by atoms with Gasteiger partial charge >= 0.3 is 0 Å². The van der Waals surface area contributed by atoms with Crippen molar-refractivity contribution in [2.45, 2.75) is 25.5 Å². The molecule has 110 valence electrons. The smallest absolute Gasteiger partial charge is 0.290 e. The Bertz CT molecular complexity index is 349. The molecule has 7 heteroatoms. The van der Waals surface area contributed by atoms with Gasteiger partial charge in [-0.05, 0) is 19.9 Å². The van der Waals surface area contributed by atoms with Gasteiger partial charge in [-0.15, -0.1) is 12.4 Å². The highest BCUT2D eigenvalue weighted by atomic mass is 35.5. The van der Waals surface area contributed by atoms with Gasteiger partial charge in [-0.25, -0.2) is 0 Å². The molecular formula is C12H21ClN2O4. The third kappa shape index (κ3) is 3.99. The minimum absolute atomic E-state index is 0. The molecule has 0 saturated carbocycles. The lowest BCUT2D eigenvalue weighted by Gasteiger charge is -2.32. The molecule has 2 heterocycles. The standard InChI is InChI=1S/C12H20N2O4.ClH/c1-8-11(18-6-5-17-8)12(15)14-9-7-13-4-3-10(9)16-2;/h9-10,13H,3-7H2,1-2H3,(H,14,15);1H/t9-,10+;/m0./s1. The number of piperidine rings is 1. The van der Waals surface area contributed by atoms with Crippen molar-refractivity contribution < 1.29 is 19.0 Å². The fourth-order valence-corrected chi connectivity index (χ4v) is 2.23. The lowest BCUT2D eigenvalue weighted by atomic mass is 10.0. The second-order valence-electron chi connectivity index (χ2n) is 4.43. The number of carbonyl (C=O) groups is 1. The summed E-state index contributed by atoms with van der Waals surface area (Å²) >= 11 is 0. The number of amides is 1. The van der Waals surface area contributed by atoms with Gasteiger partial charge in [0.1, 0.15) is 19.0 Å². The Kier molecular flexibility index (Phi) is 6.41. The van der Waals surface area contributed by atoms with Crippen LogP contribution in [0.1, 0.15) is 13.3 Å². The lowest BCUT2D eigenvalue weighted by Crippen LogP contribution is -2.54. The number of halogens is 1. The zero-order valence-corrected chi connectivity index (χ0v) is 12.0. The van der Waals surface area contributed by atoms with Crippen molar-refractivity contribution >= 4 is 18.3 Å². The highest BCUT2D eigenvalue weighted by Crippen LogP contribution is 2.14. The maximum Gasteiger partial charge on any atom is 0.290 e. The van der Waals surface area contributed by atoms with Crippen LogP contribution in [0.4, 0.5) is 0 Å². The van der Waals surface area contributed by atoms with E-state index in [4.69, 9.17) is 14.2 Å². The van der Waals surface area contributed by atoms with Crippen molar-refractivity contribution in [3.63, 3.8) is 0 Å². The summed E-state index contributed by atoms with van der Waals surface area (Å²) in [4.78, 5) is 12.1. The third-order valence-electron chi connectivity index (χ3n) is 3.21. The second-order valence-corrected chi connectivity index (χ2v) is 4.43. The summed E-state index contributed by atoms with van der Waals surface area (Å²) in [7, 11) is 1.67. The summed E-state index contributed by atoms with van der Waals surface area (Å²) in [5.74, 6) is 0.584. The van der Waals surface area contributed by atoms with Crippen LogP contribution in [-0.2, 0) is 19.0 Å². The minimum Gasteiger partial charge on any atom is -0.491 e. The summed E-state index contributed by atoms with van der Waals surface area (Å²) < 4.78 is 16.0. The normalized spacial score (nSPS) is 26.8. The summed E-state index contributed by atoms with van der Waals surface area (Å²) in [6.45, 7) is 4.26. The molecule has 2 N–H and O–H groups in total. The van der Waals surface area contributed by atoms with Crippen LogP contribution in [0.15, 0.2) is 11.5 Å². The average Bonchev–Trinajstić information content (AvgIpc) is 2.39. The first kappa shape index (κ1) is 16.1. The van der Waals surface area contributed by atoms with Crippen molar-refractivity contribution in [1.82, 2.24) is 10.6 Å². The number of methoxy groups -OCH3 is 1. The van der Waals surface area contributed by atoms with Gasteiger partial charge in [0.25, 0.3) is 5.91 Å². The van der Waals surface area contributed by atoms with E-state index >= 15 is 0 Å². The molecule has 2 aliphatic rings. The predicted octanol–water partition coefficient (Wildman–Crippen LogP) is 0.180. The number of hydrogen-bond acceptors (Lipinski definition) is 5. The van der Waals surface area contributed by atoms with E-state index in [1.54, 1.807) is 14.0 Å². The zero-order valence-electron chi connectivity index (χ0n) is 11.2. The largest absolute Gasteiger partial charge is 0.491 e. The Morgan fingerprint density at radius 3 is 2.84 bits per heavy atom. The van der Waals surface area contributed by atoms with Crippen molar-refractivity contribution in [3.05, 3.63) is 11.5 Å². The van der Waals surface area contributed by atoms with E-state index in [0.29, 0.717) is 25.5 Å². The molecule has 19 heavy (non-hydrogen) atoms. The summed E-state index contributed by atoms with van der Waals surface area (Å²) in [5.41, 5.74) is 0. The first-order chi connectivity index (χ1) is 8.72. The van der Waals surface area contributed by atoms with E-state index in [1.165, 1.54) is 0 Å². The molecule has 0 spiro atoms. The van der Waals surface area contributed by atoms with Gasteiger partial charge in [-0.1, -0.05) is 0 Å². The average molecular weight is 293 g/mol. The molecule has 2 rings (SSSR count). The summed E-state index contributed by atoms with van der Waals surface area (Å²) in [5, 5.41) is 6.17. The third-order valence-corrected chi connectivity index (χ3v) is 3.21. The van der Waals surface area contributed by atoms with E-state index in [9.17, 15) is 4.79 Å². The van der Waals surface area contributed by atoms with Gasteiger partial charge in [0.15, 0.2) is 0 Å². The van der Waals surface area contributed by atoms with Crippen LogP contribution in [0, 0.1) is 0 Å².